The van der Waals surface area contributed by atoms with E-state index in [1.54, 1.807) is 41.8 Å². The predicted octanol–water partition coefficient (Wildman–Crippen LogP) is 2.97. The van der Waals surface area contributed by atoms with Gasteiger partial charge < -0.3 is 9.47 Å². The van der Waals surface area contributed by atoms with Crippen molar-refractivity contribution in [3.63, 3.8) is 0 Å². The maximum atomic E-state index is 13.1. The Bertz CT molecular complexity index is 1210. The van der Waals surface area contributed by atoms with Crippen molar-refractivity contribution in [2.75, 3.05) is 13.3 Å². The first-order valence-corrected chi connectivity index (χ1v) is 12.5. The maximum absolute atomic E-state index is 13.1. The Balaban J connectivity index is 1.63. The van der Waals surface area contributed by atoms with Gasteiger partial charge in [0.2, 0.25) is 16.8 Å². The molecule has 1 aliphatic rings. The van der Waals surface area contributed by atoms with E-state index in [-0.39, 0.29) is 22.4 Å². The van der Waals surface area contributed by atoms with Gasteiger partial charge in [-0.1, -0.05) is 36.4 Å². The molecule has 4 rings (SSSR count). The van der Waals surface area contributed by atoms with Crippen LogP contribution in [0.25, 0.3) is 0 Å². The van der Waals surface area contributed by atoms with E-state index in [0.717, 1.165) is 11.3 Å². The molecular formula is C19H17NO6S3. The number of thiophene rings is 1. The summed E-state index contributed by atoms with van der Waals surface area (Å²) in [6.45, 7) is -0.275. The van der Waals surface area contributed by atoms with Crippen molar-refractivity contribution in [3.8, 4) is 11.5 Å². The Hall–Kier alpha value is -2.40. The van der Waals surface area contributed by atoms with Gasteiger partial charge >= 0.3 is 0 Å². The second kappa shape index (κ2) is 7.79. The molecule has 0 aliphatic carbocycles. The average molecular weight is 452 g/mol. The zero-order valence-corrected chi connectivity index (χ0v) is 17.5. The van der Waals surface area contributed by atoms with Crippen LogP contribution in [-0.4, -0.2) is 30.2 Å². The standard InChI is InChI=1S/C19H17NO6S3/c21-28(22,19-7-4-10-27-19)18(14-5-2-1-3-6-14)12-20-29(23,24)15-8-9-16-17(11-15)26-13-25-16/h1-11,18,20H,12-13H2/t18-/m1/s1. The van der Waals surface area contributed by atoms with E-state index in [1.807, 2.05) is 0 Å². The lowest BCUT2D eigenvalue weighted by Gasteiger charge is -2.18. The molecule has 0 amide bonds. The van der Waals surface area contributed by atoms with E-state index in [0.29, 0.717) is 17.1 Å². The summed E-state index contributed by atoms with van der Waals surface area (Å²) in [5, 5.41) is 0.609. The van der Waals surface area contributed by atoms with Crippen molar-refractivity contribution in [3.05, 3.63) is 71.6 Å². The number of benzene rings is 2. The number of fused-ring (bicyclic) bond motifs is 1. The van der Waals surface area contributed by atoms with Gasteiger partial charge in [-0.2, -0.15) is 0 Å². The van der Waals surface area contributed by atoms with Gasteiger partial charge in [0.1, 0.15) is 9.46 Å². The van der Waals surface area contributed by atoms with Gasteiger partial charge in [0.05, 0.1) is 4.90 Å². The molecule has 7 nitrogen and oxygen atoms in total. The third-order valence-corrected chi connectivity index (χ3v) is 9.39. The number of sulfonamides is 1. The average Bonchev–Trinajstić information content (AvgIpc) is 3.40. The van der Waals surface area contributed by atoms with E-state index >= 15 is 0 Å². The molecule has 2 heterocycles. The zero-order chi connectivity index (χ0) is 20.5. The van der Waals surface area contributed by atoms with Gasteiger partial charge in [0.15, 0.2) is 21.3 Å². The monoisotopic (exact) mass is 451 g/mol. The molecule has 0 fully saturated rings. The highest BCUT2D eigenvalue weighted by Crippen LogP contribution is 2.34. The predicted molar refractivity (Wildman–Crippen MR) is 108 cm³/mol. The van der Waals surface area contributed by atoms with Crippen LogP contribution < -0.4 is 14.2 Å². The molecule has 10 heteroatoms. The normalized spacial score (nSPS) is 14.6. The first-order valence-electron chi connectivity index (χ1n) is 8.59. The van der Waals surface area contributed by atoms with Gasteiger partial charge in [-0.3, -0.25) is 0 Å². The summed E-state index contributed by atoms with van der Waals surface area (Å²) < 4.78 is 64.9. The molecule has 0 saturated heterocycles. The highest BCUT2D eigenvalue weighted by Gasteiger charge is 2.31. The number of hydrogen-bond donors (Lipinski definition) is 1. The van der Waals surface area contributed by atoms with Crippen LogP contribution in [0, 0.1) is 0 Å². The molecule has 1 aromatic heterocycles. The van der Waals surface area contributed by atoms with Gasteiger partial charge in [0.25, 0.3) is 0 Å². The molecule has 3 aromatic rings. The minimum absolute atomic E-state index is 0.0258. The molecule has 0 unspecified atom stereocenters. The van der Waals surface area contributed by atoms with E-state index in [4.69, 9.17) is 9.47 Å². The van der Waals surface area contributed by atoms with Gasteiger partial charge in [-0.15, -0.1) is 11.3 Å². The molecule has 1 aliphatic heterocycles. The molecule has 1 atom stereocenters. The second-order valence-electron chi connectivity index (χ2n) is 6.24. The Kier molecular flexibility index (Phi) is 5.34. The zero-order valence-electron chi connectivity index (χ0n) is 15.0. The van der Waals surface area contributed by atoms with Crippen LogP contribution in [-0.2, 0) is 19.9 Å². The Morgan fingerprint density at radius 2 is 1.69 bits per heavy atom. The fraction of sp³-hybridized carbons (Fsp3) is 0.158. The highest BCUT2D eigenvalue weighted by atomic mass is 32.2. The molecule has 0 saturated carbocycles. The molecule has 0 radical (unpaired) electrons. The largest absolute Gasteiger partial charge is 0.454 e. The second-order valence-corrected chi connectivity index (χ2v) is 11.3. The van der Waals surface area contributed by atoms with Crippen LogP contribution in [0.1, 0.15) is 10.8 Å². The molecule has 0 bridgehead atoms. The van der Waals surface area contributed by atoms with Crippen LogP contribution in [0.15, 0.2) is 75.1 Å². The summed E-state index contributed by atoms with van der Waals surface area (Å²) >= 11 is 1.10. The van der Waals surface area contributed by atoms with Gasteiger partial charge in [0, 0.05) is 12.6 Å². The van der Waals surface area contributed by atoms with E-state index in [9.17, 15) is 16.8 Å². The van der Waals surface area contributed by atoms with Crippen LogP contribution in [0.5, 0.6) is 11.5 Å². The number of sulfone groups is 1. The molecular weight excluding hydrogens is 434 g/mol. The van der Waals surface area contributed by atoms with Crippen LogP contribution >= 0.6 is 11.3 Å². The van der Waals surface area contributed by atoms with Crippen molar-refractivity contribution in [1.82, 2.24) is 4.72 Å². The first-order chi connectivity index (χ1) is 13.9. The van der Waals surface area contributed by atoms with Crippen molar-refractivity contribution < 1.29 is 26.3 Å². The number of ether oxygens (including phenoxy) is 2. The summed E-state index contributed by atoms with van der Waals surface area (Å²) in [7, 11) is -7.74. The number of hydrogen-bond acceptors (Lipinski definition) is 7. The number of rotatable bonds is 7. The third kappa shape index (κ3) is 4.01. The van der Waals surface area contributed by atoms with Crippen LogP contribution in [0.3, 0.4) is 0 Å². The molecule has 2 aromatic carbocycles. The number of nitrogens with one attached hydrogen (secondary N) is 1. The lowest BCUT2D eigenvalue weighted by Crippen LogP contribution is -2.31. The topological polar surface area (TPSA) is 98.8 Å². The Labute approximate surface area is 172 Å². The van der Waals surface area contributed by atoms with E-state index in [1.165, 1.54) is 24.3 Å². The maximum Gasteiger partial charge on any atom is 0.240 e. The van der Waals surface area contributed by atoms with E-state index in [2.05, 4.69) is 4.72 Å². The molecule has 1 N–H and O–H groups in total. The minimum atomic E-state index is -3.96. The highest BCUT2D eigenvalue weighted by molar-refractivity contribution is 7.93. The van der Waals surface area contributed by atoms with Gasteiger partial charge in [-0.25, -0.2) is 21.6 Å². The summed E-state index contributed by atoms with van der Waals surface area (Å²) in [6.07, 6.45) is 0. The minimum Gasteiger partial charge on any atom is -0.454 e. The third-order valence-electron chi connectivity index (χ3n) is 4.43. The van der Waals surface area contributed by atoms with Crippen molar-refractivity contribution in [2.24, 2.45) is 0 Å². The van der Waals surface area contributed by atoms with Crippen LogP contribution in [0.2, 0.25) is 0 Å². The molecule has 29 heavy (non-hydrogen) atoms. The summed E-state index contributed by atoms with van der Waals surface area (Å²) in [5.41, 5.74) is 0.509. The first kappa shape index (κ1) is 19.9. The molecule has 152 valence electrons. The SMILES string of the molecule is O=S(=O)(NC[C@H](c1ccccc1)S(=O)(=O)c1cccs1)c1ccc2c(c1)OCO2. The molecule has 0 spiro atoms. The fourth-order valence-electron chi connectivity index (χ4n) is 2.95. The lowest BCUT2D eigenvalue weighted by molar-refractivity contribution is 0.174. The quantitative estimate of drug-likeness (QED) is 0.593. The Morgan fingerprint density at radius 3 is 2.41 bits per heavy atom. The smallest absolute Gasteiger partial charge is 0.240 e. The van der Waals surface area contributed by atoms with Crippen molar-refractivity contribution in [2.45, 2.75) is 14.4 Å². The Morgan fingerprint density at radius 1 is 0.931 bits per heavy atom. The van der Waals surface area contributed by atoms with Crippen LogP contribution in [0.4, 0.5) is 0 Å². The summed E-state index contributed by atoms with van der Waals surface area (Å²) in [4.78, 5) is -0.0258. The van der Waals surface area contributed by atoms with Crippen molar-refractivity contribution in [1.29, 1.82) is 0 Å². The van der Waals surface area contributed by atoms with Crippen molar-refractivity contribution >= 4 is 31.2 Å². The fourth-order valence-corrected chi connectivity index (χ4v) is 6.99. The summed E-state index contributed by atoms with van der Waals surface area (Å²) in [6, 6.07) is 16.0. The summed E-state index contributed by atoms with van der Waals surface area (Å²) in [5.74, 6) is 0.796. The van der Waals surface area contributed by atoms with Gasteiger partial charge in [-0.05, 0) is 29.1 Å². The van der Waals surface area contributed by atoms with E-state index < -0.39 is 25.1 Å². The lowest BCUT2D eigenvalue weighted by atomic mass is 10.1.